The van der Waals surface area contributed by atoms with Gasteiger partial charge in [-0.25, -0.2) is 0 Å². The molecule has 1 saturated heterocycles. The monoisotopic (exact) mass is 392 g/mol. The molecule has 0 spiro atoms. The molecule has 1 aliphatic heterocycles. The molecule has 1 aromatic carbocycles. The van der Waals surface area contributed by atoms with Gasteiger partial charge in [0.1, 0.15) is 0 Å². The Morgan fingerprint density at radius 1 is 1.23 bits per heavy atom. The number of thiophene rings is 1. The zero-order valence-electron chi connectivity index (χ0n) is 15.0. The van der Waals surface area contributed by atoms with Crippen molar-refractivity contribution in [3.8, 4) is 0 Å². The van der Waals surface area contributed by atoms with Gasteiger partial charge in [-0.1, -0.05) is 35.9 Å². The number of aliphatic imine (C=N–C) groups is 1. The highest BCUT2D eigenvalue weighted by Gasteiger charge is 2.23. The van der Waals surface area contributed by atoms with Crippen molar-refractivity contribution >= 4 is 28.9 Å². The van der Waals surface area contributed by atoms with Gasteiger partial charge in [0.05, 0.1) is 19.3 Å². The zero-order chi connectivity index (χ0) is 18.2. The molecule has 140 valence electrons. The first-order valence-corrected chi connectivity index (χ1v) is 10.1. The lowest BCUT2D eigenvalue weighted by Crippen LogP contribution is -2.46. The van der Waals surface area contributed by atoms with Crippen molar-refractivity contribution in [3.63, 3.8) is 0 Å². The number of hydrogen-bond acceptors (Lipinski definition) is 4. The van der Waals surface area contributed by atoms with Crippen LogP contribution in [0, 0.1) is 0 Å². The van der Waals surface area contributed by atoms with Gasteiger partial charge in [-0.05, 0) is 23.1 Å². The molecule has 1 unspecified atom stereocenters. The summed E-state index contributed by atoms with van der Waals surface area (Å²) in [6.45, 7) is 4.93. The molecule has 7 heteroatoms. The number of halogens is 1. The van der Waals surface area contributed by atoms with Crippen molar-refractivity contribution in [2.75, 3.05) is 39.9 Å². The van der Waals surface area contributed by atoms with Gasteiger partial charge < -0.3 is 15.4 Å². The number of benzene rings is 1. The number of ether oxygens (including phenoxy) is 1. The maximum absolute atomic E-state index is 6.23. The van der Waals surface area contributed by atoms with E-state index in [0.717, 1.165) is 49.4 Å². The van der Waals surface area contributed by atoms with Gasteiger partial charge in [-0.3, -0.25) is 9.89 Å². The molecule has 0 saturated carbocycles. The van der Waals surface area contributed by atoms with Gasteiger partial charge in [0.2, 0.25) is 0 Å². The second kappa shape index (κ2) is 9.92. The van der Waals surface area contributed by atoms with E-state index in [1.165, 1.54) is 4.88 Å². The second-order valence-electron chi connectivity index (χ2n) is 6.08. The molecular weight excluding hydrogens is 368 g/mol. The molecule has 0 aliphatic carbocycles. The quantitative estimate of drug-likeness (QED) is 0.585. The van der Waals surface area contributed by atoms with E-state index in [4.69, 9.17) is 16.3 Å². The fraction of sp³-hybridized carbons (Fsp3) is 0.421. The minimum Gasteiger partial charge on any atom is -0.379 e. The lowest BCUT2D eigenvalue weighted by Gasteiger charge is -2.34. The molecule has 1 fully saturated rings. The summed E-state index contributed by atoms with van der Waals surface area (Å²) in [5, 5.41) is 9.71. The van der Waals surface area contributed by atoms with Crippen molar-refractivity contribution in [2.45, 2.75) is 12.6 Å². The third kappa shape index (κ3) is 5.20. The Bertz CT molecular complexity index is 701. The van der Waals surface area contributed by atoms with E-state index >= 15 is 0 Å². The summed E-state index contributed by atoms with van der Waals surface area (Å²) in [5.74, 6) is 0.778. The van der Waals surface area contributed by atoms with E-state index in [1.807, 2.05) is 24.3 Å². The van der Waals surface area contributed by atoms with Crippen molar-refractivity contribution < 1.29 is 4.74 Å². The molecule has 3 rings (SSSR count). The van der Waals surface area contributed by atoms with Gasteiger partial charge in [-0.15, -0.1) is 11.3 Å². The van der Waals surface area contributed by atoms with Crippen LogP contribution < -0.4 is 10.6 Å². The van der Waals surface area contributed by atoms with Crippen LogP contribution in [0.1, 0.15) is 16.5 Å². The fourth-order valence-corrected chi connectivity index (χ4v) is 4.08. The first kappa shape index (κ1) is 19.2. The lowest BCUT2D eigenvalue weighted by atomic mass is 10.2. The van der Waals surface area contributed by atoms with E-state index in [0.29, 0.717) is 12.6 Å². The minimum atomic E-state index is 0.317. The number of guanidine groups is 1. The van der Waals surface area contributed by atoms with Crippen LogP contribution in [0.4, 0.5) is 0 Å². The molecule has 0 amide bonds. The first-order valence-electron chi connectivity index (χ1n) is 8.81. The molecule has 1 aromatic heterocycles. The van der Waals surface area contributed by atoms with Gasteiger partial charge in [0, 0.05) is 43.1 Å². The van der Waals surface area contributed by atoms with E-state index in [-0.39, 0.29) is 0 Å². The highest BCUT2D eigenvalue weighted by atomic mass is 35.5. The van der Waals surface area contributed by atoms with Crippen LogP contribution in [-0.2, 0) is 11.3 Å². The topological polar surface area (TPSA) is 48.9 Å². The highest BCUT2D eigenvalue weighted by molar-refractivity contribution is 7.10. The van der Waals surface area contributed by atoms with Crippen LogP contribution in [0.25, 0.3) is 0 Å². The van der Waals surface area contributed by atoms with Crippen LogP contribution in [0.15, 0.2) is 46.8 Å². The molecule has 0 radical (unpaired) electrons. The SMILES string of the molecule is CN=C(NCc1ccccc1Cl)NCC(c1cccs1)N1CCOCC1. The summed E-state index contributed by atoms with van der Waals surface area (Å²) < 4.78 is 5.51. The van der Waals surface area contributed by atoms with Gasteiger partial charge in [0.25, 0.3) is 0 Å². The van der Waals surface area contributed by atoms with Crippen LogP contribution in [0.5, 0.6) is 0 Å². The van der Waals surface area contributed by atoms with Gasteiger partial charge >= 0.3 is 0 Å². The number of rotatable bonds is 6. The Hall–Kier alpha value is -1.60. The summed E-state index contributed by atoms with van der Waals surface area (Å²) in [4.78, 5) is 8.18. The van der Waals surface area contributed by atoms with Crippen molar-refractivity contribution in [1.82, 2.24) is 15.5 Å². The number of nitrogens with zero attached hydrogens (tertiary/aromatic N) is 2. The van der Waals surface area contributed by atoms with Crippen LogP contribution >= 0.6 is 22.9 Å². The highest BCUT2D eigenvalue weighted by Crippen LogP contribution is 2.25. The third-order valence-corrected chi connectivity index (χ3v) is 5.79. The molecule has 2 heterocycles. The molecule has 2 aromatic rings. The zero-order valence-corrected chi connectivity index (χ0v) is 16.5. The molecule has 1 atom stereocenters. The maximum atomic E-state index is 6.23. The first-order chi connectivity index (χ1) is 12.8. The fourth-order valence-electron chi connectivity index (χ4n) is 3.01. The molecule has 1 aliphatic rings. The lowest BCUT2D eigenvalue weighted by molar-refractivity contribution is 0.0177. The summed E-state index contributed by atoms with van der Waals surface area (Å²) in [7, 11) is 1.79. The van der Waals surface area contributed by atoms with E-state index in [9.17, 15) is 0 Å². The molecule has 2 N–H and O–H groups in total. The Balaban J connectivity index is 1.59. The van der Waals surface area contributed by atoms with Crippen molar-refractivity contribution in [2.24, 2.45) is 4.99 Å². The second-order valence-corrected chi connectivity index (χ2v) is 7.46. The number of nitrogens with one attached hydrogen (secondary N) is 2. The maximum Gasteiger partial charge on any atom is 0.191 e. The summed E-state index contributed by atoms with van der Waals surface area (Å²) in [6, 6.07) is 12.5. The summed E-state index contributed by atoms with van der Waals surface area (Å²) >= 11 is 8.03. The van der Waals surface area contributed by atoms with E-state index in [1.54, 1.807) is 18.4 Å². The van der Waals surface area contributed by atoms with Crippen LogP contribution in [-0.4, -0.2) is 50.8 Å². The smallest absolute Gasteiger partial charge is 0.191 e. The Morgan fingerprint density at radius 3 is 2.73 bits per heavy atom. The predicted octanol–water partition coefficient (Wildman–Crippen LogP) is 3.14. The average molecular weight is 393 g/mol. The Morgan fingerprint density at radius 2 is 2.04 bits per heavy atom. The predicted molar refractivity (Wildman–Crippen MR) is 109 cm³/mol. The number of morpholine rings is 1. The van der Waals surface area contributed by atoms with Crippen LogP contribution in [0.2, 0.25) is 5.02 Å². The molecule has 26 heavy (non-hydrogen) atoms. The third-order valence-electron chi connectivity index (χ3n) is 4.45. The Labute approximate surface area is 164 Å². The van der Waals surface area contributed by atoms with E-state index < -0.39 is 0 Å². The standard InChI is InChI=1S/C19H25ClN4OS/c1-21-19(22-13-15-5-2-3-6-16(15)20)23-14-17(18-7-4-12-26-18)24-8-10-25-11-9-24/h2-7,12,17H,8-11,13-14H2,1H3,(H2,21,22,23). The number of hydrogen-bond donors (Lipinski definition) is 2. The molecule has 5 nitrogen and oxygen atoms in total. The molecule has 0 bridgehead atoms. The summed E-state index contributed by atoms with van der Waals surface area (Å²) in [5.41, 5.74) is 1.06. The largest absolute Gasteiger partial charge is 0.379 e. The van der Waals surface area contributed by atoms with Crippen LogP contribution in [0.3, 0.4) is 0 Å². The van der Waals surface area contributed by atoms with Crippen molar-refractivity contribution in [3.05, 3.63) is 57.2 Å². The minimum absolute atomic E-state index is 0.317. The van der Waals surface area contributed by atoms with E-state index in [2.05, 4.69) is 38.0 Å². The van der Waals surface area contributed by atoms with Gasteiger partial charge in [0.15, 0.2) is 5.96 Å². The van der Waals surface area contributed by atoms with Crippen molar-refractivity contribution in [1.29, 1.82) is 0 Å². The Kier molecular flexibility index (Phi) is 7.32. The summed E-state index contributed by atoms with van der Waals surface area (Å²) in [6.07, 6.45) is 0. The van der Waals surface area contributed by atoms with Gasteiger partial charge in [-0.2, -0.15) is 0 Å². The molecular formula is C19H25ClN4OS. The average Bonchev–Trinajstić information content (AvgIpc) is 3.21. The normalized spacial score (nSPS) is 17.1.